The molecular formula is C11H22N2O2S. The lowest BCUT2D eigenvalue weighted by molar-refractivity contribution is -0.125. The van der Waals surface area contributed by atoms with Gasteiger partial charge in [0, 0.05) is 24.8 Å². The van der Waals surface area contributed by atoms with E-state index in [4.69, 9.17) is 0 Å². The minimum absolute atomic E-state index is 0.0871. The molecule has 0 spiro atoms. The van der Waals surface area contributed by atoms with Crippen LogP contribution in [-0.2, 0) is 4.79 Å². The minimum atomic E-state index is -0.856. The number of rotatable bonds is 5. The molecule has 1 rings (SSSR count). The second-order valence-corrected chi connectivity index (χ2v) is 6.16. The van der Waals surface area contributed by atoms with Crippen LogP contribution in [0.1, 0.15) is 13.3 Å². The number of aliphatic hydroxyl groups is 1. The molecule has 1 amide bonds. The Hall–Kier alpha value is -0.260. The molecule has 0 bridgehead atoms. The molecular weight excluding hydrogens is 224 g/mol. The smallest absolute Gasteiger partial charge is 0.224 e. The van der Waals surface area contributed by atoms with Gasteiger partial charge in [-0.05, 0) is 33.2 Å². The fourth-order valence-electron chi connectivity index (χ4n) is 1.90. The first-order valence-electron chi connectivity index (χ1n) is 5.63. The van der Waals surface area contributed by atoms with Gasteiger partial charge in [0.2, 0.25) is 5.91 Å². The summed E-state index contributed by atoms with van der Waals surface area (Å²) in [5.74, 6) is 2.22. The third-order valence-corrected chi connectivity index (χ3v) is 3.76. The molecule has 0 aromatic heterocycles. The van der Waals surface area contributed by atoms with Crippen LogP contribution in [0, 0.1) is 5.92 Å². The molecule has 1 saturated heterocycles. The number of thioether (sulfide) groups is 1. The highest BCUT2D eigenvalue weighted by Crippen LogP contribution is 2.23. The molecule has 4 nitrogen and oxygen atoms in total. The summed E-state index contributed by atoms with van der Waals surface area (Å²) in [5.41, 5.74) is -0.856. The lowest BCUT2D eigenvalue weighted by Crippen LogP contribution is -2.48. The van der Waals surface area contributed by atoms with E-state index in [0.717, 1.165) is 17.9 Å². The molecule has 0 radical (unpaired) electrons. The number of carbonyl (C=O) groups is 1. The summed E-state index contributed by atoms with van der Waals surface area (Å²) < 4.78 is 0. The van der Waals surface area contributed by atoms with Crippen LogP contribution in [0.15, 0.2) is 0 Å². The summed E-state index contributed by atoms with van der Waals surface area (Å²) in [6.45, 7) is 2.62. The molecule has 5 heteroatoms. The number of hydrogen-bond acceptors (Lipinski definition) is 4. The Kier molecular flexibility index (Phi) is 5.08. The van der Waals surface area contributed by atoms with Crippen LogP contribution in [0.5, 0.6) is 0 Å². The molecule has 1 aliphatic heterocycles. The summed E-state index contributed by atoms with van der Waals surface area (Å²) in [6.07, 6.45) is 0.965. The van der Waals surface area contributed by atoms with Gasteiger partial charge < -0.3 is 15.3 Å². The highest BCUT2D eigenvalue weighted by atomic mass is 32.2. The molecule has 2 unspecified atom stereocenters. The number of hydrogen-bond donors (Lipinski definition) is 2. The lowest BCUT2D eigenvalue weighted by Gasteiger charge is -2.27. The largest absolute Gasteiger partial charge is 0.387 e. The third kappa shape index (κ3) is 4.72. The van der Waals surface area contributed by atoms with Crippen molar-refractivity contribution >= 4 is 17.7 Å². The van der Waals surface area contributed by atoms with Crippen LogP contribution < -0.4 is 5.32 Å². The second kappa shape index (κ2) is 5.89. The predicted molar refractivity (Wildman–Crippen MR) is 67.6 cm³/mol. The maximum atomic E-state index is 11.7. The molecule has 1 aliphatic rings. The molecule has 94 valence electrons. The lowest BCUT2D eigenvalue weighted by atomic mass is 10.1. The molecule has 0 saturated carbocycles. The van der Waals surface area contributed by atoms with Gasteiger partial charge in [-0.15, -0.1) is 0 Å². The first kappa shape index (κ1) is 13.8. The number of amides is 1. The highest BCUT2D eigenvalue weighted by Gasteiger charge is 2.26. The Bertz CT molecular complexity index is 238. The van der Waals surface area contributed by atoms with Crippen LogP contribution in [0.2, 0.25) is 0 Å². The van der Waals surface area contributed by atoms with Crippen molar-refractivity contribution in [3.05, 3.63) is 0 Å². The summed E-state index contributed by atoms with van der Waals surface area (Å²) in [4.78, 5) is 13.6. The highest BCUT2D eigenvalue weighted by molar-refractivity contribution is 7.99. The normalized spacial score (nSPS) is 24.4. The summed E-state index contributed by atoms with van der Waals surface area (Å²) >= 11 is 1.82. The molecule has 2 N–H and O–H groups in total. The molecule has 0 aromatic carbocycles. The van der Waals surface area contributed by atoms with Gasteiger partial charge in [-0.1, -0.05) is 0 Å². The van der Waals surface area contributed by atoms with Gasteiger partial charge in [-0.3, -0.25) is 4.79 Å². The van der Waals surface area contributed by atoms with Crippen molar-refractivity contribution in [3.8, 4) is 0 Å². The van der Waals surface area contributed by atoms with Crippen molar-refractivity contribution in [3.63, 3.8) is 0 Å². The third-order valence-electron chi connectivity index (χ3n) is 2.60. The van der Waals surface area contributed by atoms with Crippen molar-refractivity contribution in [1.82, 2.24) is 10.2 Å². The van der Waals surface area contributed by atoms with Crippen LogP contribution in [0.3, 0.4) is 0 Å². The van der Waals surface area contributed by atoms with Gasteiger partial charge in [0.15, 0.2) is 0 Å². The van der Waals surface area contributed by atoms with E-state index in [1.807, 2.05) is 30.8 Å². The number of likely N-dealkylation sites (N-methyl/N-ethyl adjacent to an activating group) is 1. The first-order valence-corrected chi connectivity index (χ1v) is 6.79. The van der Waals surface area contributed by atoms with Gasteiger partial charge in [-0.2, -0.15) is 11.8 Å². The van der Waals surface area contributed by atoms with Crippen molar-refractivity contribution in [2.45, 2.75) is 18.9 Å². The maximum Gasteiger partial charge on any atom is 0.224 e. The van der Waals surface area contributed by atoms with E-state index in [2.05, 4.69) is 5.32 Å². The zero-order chi connectivity index (χ0) is 12.2. The molecule has 2 atom stereocenters. The zero-order valence-corrected chi connectivity index (χ0v) is 11.1. The van der Waals surface area contributed by atoms with Gasteiger partial charge in [0.1, 0.15) is 0 Å². The minimum Gasteiger partial charge on any atom is -0.387 e. The van der Waals surface area contributed by atoms with E-state index >= 15 is 0 Å². The van der Waals surface area contributed by atoms with Gasteiger partial charge in [0.25, 0.3) is 0 Å². The fourth-order valence-corrected chi connectivity index (χ4v) is 3.12. The van der Waals surface area contributed by atoms with Crippen LogP contribution >= 0.6 is 11.8 Å². The number of nitrogens with one attached hydrogen (secondary N) is 1. The van der Waals surface area contributed by atoms with E-state index in [1.165, 1.54) is 0 Å². The average Bonchev–Trinajstić information content (AvgIpc) is 2.64. The van der Waals surface area contributed by atoms with Crippen molar-refractivity contribution in [2.24, 2.45) is 5.92 Å². The van der Waals surface area contributed by atoms with Crippen LogP contribution in [-0.4, -0.2) is 60.2 Å². The van der Waals surface area contributed by atoms with E-state index in [0.29, 0.717) is 13.1 Å². The Morgan fingerprint density at radius 1 is 1.62 bits per heavy atom. The molecule has 0 aromatic rings. The molecule has 0 aliphatic carbocycles. The number of carbonyl (C=O) groups excluding carboxylic acids is 1. The SMILES string of the molecule is CN(C)CC(C)(O)CNC(=O)C1CCSC1. The van der Waals surface area contributed by atoms with Crippen LogP contribution in [0.4, 0.5) is 0 Å². The predicted octanol–water partition coefficient (Wildman–Crippen LogP) is 0.168. The second-order valence-electron chi connectivity index (χ2n) is 5.01. The standard InChI is InChI=1S/C11H22N2O2S/c1-11(15,8-13(2)3)7-12-10(14)9-4-5-16-6-9/h9,15H,4-8H2,1-3H3,(H,12,14). The van der Waals surface area contributed by atoms with E-state index in [9.17, 15) is 9.90 Å². The summed E-state index contributed by atoms with van der Waals surface area (Å²) in [7, 11) is 3.81. The number of nitrogens with zero attached hydrogens (tertiary/aromatic N) is 1. The fraction of sp³-hybridized carbons (Fsp3) is 0.909. The molecule has 1 heterocycles. The Balaban J connectivity index is 2.29. The first-order chi connectivity index (χ1) is 7.41. The molecule has 1 fully saturated rings. The molecule has 16 heavy (non-hydrogen) atoms. The summed E-state index contributed by atoms with van der Waals surface area (Å²) in [6, 6.07) is 0. The Morgan fingerprint density at radius 3 is 2.81 bits per heavy atom. The van der Waals surface area contributed by atoms with E-state index in [1.54, 1.807) is 6.92 Å². The maximum absolute atomic E-state index is 11.7. The van der Waals surface area contributed by atoms with Crippen LogP contribution in [0.25, 0.3) is 0 Å². The quantitative estimate of drug-likeness (QED) is 0.726. The van der Waals surface area contributed by atoms with Crippen molar-refractivity contribution in [1.29, 1.82) is 0 Å². The van der Waals surface area contributed by atoms with E-state index in [-0.39, 0.29) is 11.8 Å². The van der Waals surface area contributed by atoms with Gasteiger partial charge >= 0.3 is 0 Å². The zero-order valence-electron chi connectivity index (χ0n) is 10.3. The monoisotopic (exact) mass is 246 g/mol. The Labute approximate surface area is 102 Å². The topological polar surface area (TPSA) is 52.6 Å². The van der Waals surface area contributed by atoms with Gasteiger partial charge in [-0.25, -0.2) is 0 Å². The Morgan fingerprint density at radius 2 is 2.31 bits per heavy atom. The van der Waals surface area contributed by atoms with Crippen molar-refractivity contribution < 1.29 is 9.90 Å². The van der Waals surface area contributed by atoms with E-state index < -0.39 is 5.60 Å². The summed E-state index contributed by atoms with van der Waals surface area (Å²) in [5, 5.41) is 12.9. The average molecular weight is 246 g/mol. The van der Waals surface area contributed by atoms with Crippen molar-refractivity contribution in [2.75, 3.05) is 38.7 Å². The van der Waals surface area contributed by atoms with Gasteiger partial charge in [0.05, 0.1) is 5.60 Å².